The van der Waals surface area contributed by atoms with Crippen molar-refractivity contribution in [1.82, 2.24) is 4.90 Å². The van der Waals surface area contributed by atoms with Gasteiger partial charge in [0.05, 0.1) is 0 Å². The summed E-state index contributed by atoms with van der Waals surface area (Å²) in [7, 11) is 0. The average Bonchev–Trinajstić information content (AvgIpc) is 2.33. The van der Waals surface area contributed by atoms with Crippen molar-refractivity contribution in [2.75, 3.05) is 19.6 Å². The number of amides is 1. The fourth-order valence-corrected chi connectivity index (χ4v) is 1.85. The maximum Gasteiger partial charge on any atom is 0.323 e. The van der Waals surface area contributed by atoms with Crippen LogP contribution in [-0.4, -0.2) is 41.5 Å². The lowest BCUT2D eigenvalue weighted by atomic mass is 9.96. The van der Waals surface area contributed by atoms with Gasteiger partial charge in [0.25, 0.3) is 0 Å². The first-order valence-electron chi connectivity index (χ1n) is 6.35. The summed E-state index contributed by atoms with van der Waals surface area (Å²) in [5.74, 6) is -0.693. The van der Waals surface area contributed by atoms with Gasteiger partial charge in [-0.2, -0.15) is 0 Å². The second-order valence-corrected chi connectivity index (χ2v) is 4.35. The molecule has 0 aliphatic rings. The molecule has 5 nitrogen and oxygen atoms in total. The van der Waals surface area contributed by atoms with E-state index in [4.69, 9.17) is 10.8 Å². The number of nitrogens with zero attached hydrogens (tertiary/aromatic N) is 1. The van der Waals surface area contributed by atoms with Gasteiger partial charge in [0.15, 0.2) is 0 Å². The Kier molecular flexibility index (Phi) is 8.92. The van der Waals surface area contributed by atoms with Crippen LogP contribution in [0.5, 0.6) is 0 Å². The van der Waals surface area contributed by atoms with Gasteiger partial charge in [-0.15, -0.1) is 6.58 Å². The molecule has 3 N–H and O–H groups in total. The van der Waals surface area contributed by atoms with E-state index >= 15 is 0 Å². The number of carbonyl (C=O) groups excluding carboxylic acids is 1. The predicted molar refractivity (Wildman–Crippen MR) is 71.1 cm³/mol. The molecule has 0 aliphatic heterocycles. The van der Waals surface area contributed by atoms with Gasteiger partial charge in [-0.1, -0.05) is 19.4 Å². The van der Waals surface area contributed by atoms with Crippen LogP contribution >= 0.6 is 0 Å². The molecule has 18 heavy (non-hydrogen) atoms. The normalized spacial score (nSPS) is 11.9. The van der Waals surface area contributed by atoms with E-state index in [0.29, 0.717) is 18.9 Å². The van der Waals surface area contributed by atoms with Crippen LogP contribution < -0.4 is 5.73 Å². The highest BCUT2D eigenvalue weighted by atomic mass is 16.4. The molecule has 1 amide bonds. The summed E-state index contributed by atoms with van der Waals surface area (Å²) in [5.41, 5.74) is 5.50. The van der Waals surface area contributed by atoms with Gasteiger partial charge in [0.1, 0.15) is 6.54 Å². The molecule has 1 unspecified atom stereocenters. The van der Waals surface area contributed by atoms with Gasteiger partial charge >= 0.3 is 5.97 Å². The highest BCUT2D eigenvalue weighted by molar-refractivity contribution is 5.81. The van der Waals surface area contributed by atoms with Crippen LogP contribution in [0.3, 0.4) is 0 Å². The standard InChI is InChI=1S/C13H24N2O3/c1-3-9-15(10-13(17)18)12(16)6-5-11(4-2)7-8-14/h3,11H,1,4-10,14H2,2H3,(H,17,18). The number of nitrogens with two attached hydrogens (primary N) is 1. The van der Waals surface area contributed by atoms with Crippen molar-refractivity contribution in [3.05, 3.63) is 12.7 Å². The first-order chi connectivity index (χ1) is 8.54. The molecule has 0 rings (SSSR count). The Bertz CT molecular complexity index is 279. The molecule has 0 aromatic rings. The van der Waals surface area contributed by atoms with E-state index in [9.17, 15) is 9.59 Å². The predicted octanol–water partition coefficient (Wildman–Crippen LogP) is 1.24. The van der Waals surface area contributed by atoms with E-state index in [0.717, 1.165) is 19.3 Å². The Morgan fingerprint density at radius 2 is 2.11 bits per heavy atom. The molecule has 104 valence electrons. The van der Waals surface area contributed by atoms with Crippen LogP contribution in [0.15, 0.2) is 12.7 Å². The van der Waals surface area contributed by atoms with E-state index < -0.39 is 5.97 Å². The minimum Gasteiger partial charge on any atom is -0.480 e. The van der Waals surface area contributed by atoms with Crippen molar-refractivity contribution < 1.29 is 14.7 Å². The Morgan fingerprint density at radius 1 is 1.44 bits per heavy atom. The summed E-state index contributed by atoms with van der Waals surface area (Å²) in [6, 6.07) is 0. The molecule has 1 atom stereocenters. The van der Waals surface area contributed by atoms with E-state index in [1.54, 1.807) is 0 Å². The summed E-state index contributed by atoms with van der Waals surface area (Å²) in [5, 5.41) is 8.72. The molecule has 0 saturated heterocycles. The number of carbonyl (C=O) groups is 2. The fourth-order valence-electron chi connectivity index (χ4n) is 1.85. The van der Waals surface area contributed by atoms with E-state index in [1.165, 1.54) is 11.0 Å². The smallest absolute Gasteiger partial charge is 0.323 e. The minimum atomic E-state index is -1.00. The second kappa shape index (κ2) is 9.65. The summed E-state index contributed by atoms with van der Waals surface area (Å²) < 4.78 is 0. The highest BCUT2D eigenvalue weighted by Crippen LogP contribution is 2.15. The van der Waals surface area contributed by atoms with Gasteiger partial charge in [-0.25, -0.2) is 0 Å². The van der Waals surface area contributed by atoms with Crippen molar-refractivity contribution in [2.45, 2.75) is 32.6 Å². The first kappa shape index (κ1) is 16.6. The molecule has 0 spiro atoms. The highest BCUT2D eigenvalue weighted by Gasteiger charge is 2.16. The molecule has 0 saturated carbocycles. The Morgan fingerprint density at radius 3 is 2.56 bits per heavy atom. The average molecular weight is 256 g/mol. The summed E-state index contributed by atoms with van der Waals surface area (Å²) >= 11 is 0. The topological polar surface area (TPSA) is 83.6 Å². The number of hydrogen-bond donors (Lipinski definition) is 2. The van der Waals surface area contributed by atoms with E-state index in [-0.39, 0.29) is 19.0 Å². The van der Waals surface area contributed by atoms with Crippen molar-refractivity contribution >= 4 is 11.9 Å². The second-order valence-electron chi connectivity index (χ2n) is 4.35. The number of carboxylic acids is 1. The molecular formula is C13H24N2O3. The lowest BCUT2D eigenvalue weighted by Crippen LogP contribution is -2.35. The van der Waals surface area contributed by atoms with Crippen molar-refractivity contribution in [1.29, 1.82) is 0 Å². The molecule has 0 heterocycles. The van der Waals surface area contributed by atoms with Crippen LogP contribution in [0, 0.1) is 5.92 Å². The fraction of sp³-hybridized carbons (Fsp3) is 0.692. The Balaban J connectivity index is 4.23. The molecule has 0 fully saturated rings. The van der Waals surface area contributed by atoms with Gasteiger partial charge in [0, 0.05) is 13.0 Å². The summed E-state index contributed by atoms with van der Waals surface area (Å²) in [4.78, 5) is 23.8. The minimum absolute atomic E-state index is 0.132. The molecule has 0 bridgehead atoms. The van der Waals surface area contributed by atoms with E-state index in [2.05, 4.69) is 13.5 Å². The zero-order valence-corrected chi connectivity index (χ0v) is 11.1. The SMILES string of the molecule is C=CCN(CC(=O)O)C(=O)CCC(CC)CCN. The molecule has 0 aromatic heterocycles. The van der Waals surface area contributed by atoms with Crippen molar-refractivity contribution in [2.24, 2.45) is 11.7 Å². The monoisotopic (exact) mass is 256 g/mol. The van der Waals surface area contributed by atoms with Crippen LogP contribution in [-0.2, 0) is 9.59 Å². The summed E-state index contributed by atoms with van der Waals surface area (Å²) in [6.45, 7) is 6.24. The number of rotatable bonds is 10. The number of carboxylic acid groups (broad SMARTS) is 1. The van der Waals surface area contributed by atoms with Gasteiger partial charge < -0.3 is 15.7 Å². The third-order valence-corrected chi connectivity index (χ3v) is 2.95. The van der Waals surface area contributed by atoms with Crippen LogP contribution in [0.25, 0.3) is 0 Å². The molecule has 0 aromatic carbocycles. The molecule has 5 heteroatoms. The van der Waals surface area contributed by atoms with Gasteiger partial charge in [0.2, 0.25) is 5.91 Å². The van der Waals surface area contributed by atoms with Crippen molar-refractivity contribution in [3.63, 3.8) is 0 Å². The number of hydrogen-bond acceptors (Lipinski definition) is 3. The third kappa shape index (κ3) is 7.06. The Labute approximate surface area is 109 Å². The zero-order valence-electron chi connectivity index (χ0n) is 11.1. The zero-order chi connectivity index (χ0) is 14.0. The van der Waals surface area contributed by atoms with Gasteiger partial charge in [-0.05, 0) is 25.3 Å². The molecule has 0 aliphatic carbocycles. The maximum absolute atomic E-state index is 11.9. The van der Waals surface area contributed by atoms with E-state index in [1.807, 2.05) is 0 Å². The lowest BCUT2D eigenvalue weighted by molar-refractivity contribution is -0.144. The lowest BCUT2D eigenvalue weighted by Gasteiger charge is -2.20. The van der Waals surface area contributed by atoms with Crippen LogP contribution in [0.2, 0.25) is 0 Å². The number of aliphatic carboxylic acids is 1. The van der Waals surface area contributed by atoms with Crippen LogP contribution in [0.1, 0.15) is 32.6 Å². The molecule has 0 radical (unpaired) electrons. The quantitative estimate of drug-likeness (QED) is 0.576. The summed E-state index contributed by atoms with van der Waals surface area (Å²) in [6.07, 6.45) is 4.58. The first-order valence-corrected chi connectivity index (χ1v) is 6.35. The van der Waals surface area contributed by atoms with Gasteiger partial charge in [-0.3, -0.25) is 9.59 Å². The van der Waals surface area contributed by atoms with Crippen LogP contribution in [0.4, 0.5) is 0 Å². The maximum atomic E-state index is 11.9. The van der Waals surface area contributed by atoms with Crippen molar-refractivity contribution in [3.8, 4) is 0 Å². The largest absolute Gasteiger partial charge is 0.480 e. The Hall–Kier alpha value is -1.36. The third-order valence-electron chi connectivity index (χ3n) is 2.95. The molecular weight excluding hydrogens is 232 g/mol.